The molecule has 0 fully saturated rings. The normalized spacial score (nSPS) is 10.6. The van der Waals surface area contributed by atoms with E-state index >= 15 is 0 Å². The maximum absolute atomic E-state index is 12.0. The van der Waals surface area contributed by atoms with Crippen LogP contribution >= 0.6 is 23.2 Å². The van der Waals surface area contributed by atoms with E-state index in [1.165, 1.54) is 10.7 Å². The molecular formula is C17H12Cl2N2O. The molecule has 5 heteroatoms. The van der Waals surface area contributed by atoms with Gasteiger partial charge in [0.1, 0.15) is 0 Å². The summed E-state index contributed by atoms with van der Waals surface area (Å²) in [4.78, 5) is 12.0. The smallest absolute Gasteiger partial charge is 0.267 e. The van der Waals surface area contributed by atoms with E-state index in [1.54, 1.807) is 24.3 Å². The van der Waals surface area contributed by atoms with Crippen LogP contribution in [0, 0.1) is 0 Å². The van der Waals surface area contributed by atoms with Gasteiger partial charge >= 0.3 is 0 Å². The van der Waals surface area contributed by atoms with Crippen LogP contribution in [0.3, 0.4) is 0 Å². The van der Waals surface area contributed by atoms with E-state index in [-0.39, 0.29) is 5.56 Å². The van der Waals surface area contributed by atoms with E-state index in [2.05, 4.69) is 5.10 Å². The molecule has 0 saturated carbocycles. The number of hydrogen-bond acceptors (Lipinski definition) is 2. The summed E-state index contributed by atoms with van der Waals surface area (Å²) < 4.78 is 1.40. The van der Waals surface area contributed by atoms with Crippen LogP contribution in [0.5, 0.6) is 0 Å². The van der Waals surface area contributed by atoms with Crippen molar-refractivity contribution in [3.63, 3.8) is 0 Å². The molecule has 3 rings (SSSR count). The molecule has 0 radical (unpaired) electrons. The van der Waals surface area contributed by atoms with Crippen LogP contribution in [0.4, 0.5) is 0 Å². The molecule has 0 aliphatic heterocycles. The summed E-state index contributed by atoms with van der Waals surface area (Å²) in [6.45, 7) is 0.301. The van der Waals surface area contributed by atoms with E-state index in [9.17, 15) is 4.79 Å². The Morgan fingerprint density at radius 3 is 2.45 bits per heavy atom. The van der Waals surface area contributed by atoms with Gasteiger partial charge in [0.25, 0.3) is 5.56 Å². The van der Waals surface area contributed by atoms with Crippen molar-refractivity contribution in [1.82, 2.24) is 9.78 Å². The minimum Gasteiger partial charge on any atom is -0.268 e. The van der Waals surface area contributed by atoms with Crippen LogP contribution in [-0.2, 0) is 6.54 Å². The monoisotopic (exact) mass is 330 g/mol. The lowest BCUT2D eigenvalue weighted by molar-refractivity contribution is 0.643. The SMILES string of the molecule is O=c1ccc(-c2ccccc2)nn1Cc1ccc(Cl)cc1Cl. The number of nitrogens with zero attached hydrogens (tertiary/aromatic N) is 2. The molecule has 2 aromatic carbocycles. The molecule has 1 aromatic heterocycles. The third-order valence-electron chi connectivity index (χ3n) is 3.27. The topological polar surface area (TPSA) is 34.9 Å². The molecule has 110 valence electrons. The first kappa shape index (κ1) is 14.8. The molecule has 0 unspecified atom stereocenters. The molecule has 0 aliphatic carbocycles. The molecule has 0 N–H and O–H groups in total. The first-order valence-corrected chi connectivity index (χ1v) is 7.46. The first-order chi connectivity index (χ1) is 10.6. The number of aromatic nitrogens is 2. The van der Waals surface area contributed by atoms with Gasteiger partial charge in [-0.3, -0.25) is 4.79 Å². The van der Waals surface area contributed by atoms with Gasteiger partial charge in [0, 0.05) is 21.7 Å². The predicted molar refractivity (Wildman–Crippen MR) is 89.5 cm³/mol. The van der Waals surface area contributed by atoms with Gasteiger partial charge in [-0.15, -0.1) is 0 Å². The van der Waals surface area contributed by atoms with Crippen molar-refractivity contribution in [2.24, 2.45) is 0 Å². The maximum atomic E-state index is 12.0. The summed E-state index contributed by atoms with van der Waals surface area (Å²) in [6.07, 6.45) is 0. The maximum Gasteiger partial charge on any atom is 0.267 e. The summed E-state index contributed by atoms with van der Waals surface area (Å²) in [5.41, 5.74) is 2.32. The molecule has 0 amide bonds. The summed E-state index contributed by atoms with van der Waals surface area (Å²) in [6, 6.07) is 18.1. The van der Waals surface area contributed by atoms with Crippen molar-refractivity contribution in [2.45, 2.75) is 6.54 Å². The molecular weight excluding hydrogens is 319 g/mol. The van der Waals surface area contributed by atoms with E-state index in [0.29, 0.717) is 16.6 Å². The van der Waals surface area contributed by atoms with Crippen LogP contribution in [-0.4, -0.2) is 9.78 Å². The molecule has 0 spiro atoms. The Hall–Kier alpha value is -2.10. The highest BCUT2D eigenvalue weighted by Crippen LogP contribution is 2.21. The summed E-state index contributed by atoms with van der Waals surface area (Å²) in [5, 5.41) is 5.50. The molecule has 3 aromatic rings. The van der Waals surface area contributed by atoms with Crippen LogP contribution in [0.25, 0.3) is 11.3 Å². The van der Waals surface area contributed by atoms with Gasteiger partial charge in [-0.05, 0) is 23.8 Å². The Morgan fingerprint density at radius 1 is 0.955 bits per heavy atom. The highest BCUT2D eigenvalue weighted by Gasteiger charge is 2.07. The Morgan fingerprint density at radius 2 is 1.73 bits per heavy atom. The summed E-state index contributed by atoms with van der Waals surface area (Å²) in [5.74, 6) is 0. The van der Waals surface area contributed by atoms with Gasteiger partial charge in [-0.1, -0.05) is 59.6 Å². The van der Waals surface area contributed by atoms with Gasteiger partial charge < -0.3 is 0 Å². The largest absolute Gasteiger partial charge is 0.268 e. The average molecular weight is 331 g/mol. The summed E-state index contributed by atoms with van der Waals surface area (Å²) in [7, 11) is 0. The second-order valence-electron chi connectivity index (χ2n) is 4.82. The van der Waals surface area contributed by atoms with Gasteiger partial charge in [0.05, 0.1) is 12.2 Å². The lowest BCUT2D eigenvalue weighted by atomic mass is 10.1. The van der Waals surface area contributed by atoms with Gasteiger partial charge in [0.2, 0.25) is 0 Å². The van der Waals surface area contributed by atoms with Gasteiger partial charge in [-0.2, -0.15) is 5.10 Å². The van der Waals surface area contributed by atoms with Crippen molar-refractivity contribution < 1.29 is 0 Å². The van der Waals surface area contributed by atoms with Crippen LogP contribution in [0.2, 0.25) is 10.0 Å². The standard InChI is InChI=1S/C17H12Cl2N2O/c18-14-7-6-13(15(19)10-14)11-21-17(22)9-8-16(20-21)12-4-2-1-3-5-12/h1-10H,11H2. The number of benzene rings is 2. The highest BCUT2D eigenvalue weighted by atomic mass is 35.5. The molecule has 3 nitrogen and oxygen atoms in total. The van der Waals surface area contributed by atoms with Crippen molar-refractivity contribution in [2.75, 3.05) is 0 Å². The fourth-order valence-electron chi connectivity index (χ4n) is 2.14. The van der Waals surface area contributed by atoms with E-state index in [0.717, 1.165) is 16.8 Å². The van der Waals surface area contributed by atoms with E-state index in [4.69, 9.17) is 23.2 Å². The van der Waals surface area contributed by atoms with Crippen LogP contribution in [0.15, 0.2) is 65.5 Å². The second-order valence-corrected chi connectivity index (χ2v) is 5.66. The average Bonchev–Trinajstić information content (AvgIpc) is 2.53. The quantitative estimate of drug-likeness (QED) is 0.718. The third-order valence-corrected chi connectivity index (χ3v) is 3.86. The molecule has 0 aliphatic rings. The van der Waals surface area contributed by atoms with E-state index < -0.39 is 0 Å². The first-order valence-electron chi connectivity index (χ1n) is 6.71. The van der Waals surface area contributed by atoms with Gasteiger partial charge in [-0.25, -0.2) is 4.68 Å². The second kappa shape index (κ2) is 6.34. The Labute approximate surface area is 137 Å². The molecule has 0 bridgehead atoms. The van der Waals surface area contributed by atoms with Crippen molar-refractivity contribution in [1.29, 1.82) is 0 Å². The number of halogens is 2. The zero-order valence-corrected chi connectivity index (χ0v) is 13.1. The molecule has 0 atom stereocenters. The van der Waals surface area contributed by atoms with Crippen LogP contribution in [0.1, 0.15) is 5.56 Å². The van der Waals surface area contributed by atoms with Crippen molar-refractivity contribution in [3.05, 3.63) is 86.6 Å². The molecule has 0 saturated heterocycles. The van der Waals surface area contributed by atoms with Crippen molar-refractivity contribution >= 4 is 23.2 Å². The minimum atomic E-state index is -0.175. The Balaban J connectivity index is 1.99. The fraction of sp³-hybridized carbons (Fsp3) is 0.0588. The molecule has 1 heterocycles. The summed E-state index contributed by atoms with van der Waals surface area (Å²) >= 11 is 12.0. The van der Waals surface area contributed by atoms with E-state index in [1.807, 2.05) is 30.3 Å². The predicted octanol–water partition coefficient (Wildman–Crippen LogP) is 4.27. The van der Waals surface area contributed by atoms with Crippen LogP contribution < -0.4 is 5.56 Å². The van der Waals surface area contributed by atoms with Crippen molar-refractivity contribution in [3.8, 4) is 11.3 Å². The zero-order chi connectivity index (χ0) is 15.5. The lowest BCUT2D eigenvalue weighted by Gasteiger charge is -2.09. The number of hydrogen-bond donors (Lipinski definition) is 0. The Kier molecular flexibility index (Phi) is 4.27. The lowest BCUT2D eigenvalue weighted by Crippen LogP contribution is -2.23. The highest BCUT2D eigenvalue weighted by molar-refractivity contribution is 6.35. The number of rotatable bonds is 3. The Bertz CT molecular complexity index is 860. The zero-order valence-electron chi connectivity index (χ0n) is 11.5. The van der Waals surface area contributed by atoms with Gasteiger partial charge in [0.15, 0.2) is 0 Å². The fourth-order valence-corrected chi connectivity index (χ4v) is 2.60. The third kappa shape index (κ3) is 3.21. The molecule has 22 heavy (non-hydrogen) atoms. The minimum absolute atomic E-state index is 0.175.